The SMILES string of the molecule is CC(=NC1CC1)Nc1c(F)cc(Br)cc1F.CC(=O)NC1CC1.CC(=O)OC(C)=O.Cc1nc2c(F)cc(-c3nc(Cl)ncc3F)cc2n1C1CC1.Cc1nc2c(F)cc(-c3nc(Nc4ccc5c(n4)CCN(C(=O)OC(C)(C)C)C5)ncc3F)cc2n1C1CC1.Cc1nc2c(F)cc(B3OC(C)(C)C(C)(C)O3)cc2n1C1CC1.Cc1nc2c(F)cc(Br)cc2n1C1CC1.NC1CC1. The molecule has 704 valence electrons. The van der Waals surface area contributed by atoms with Crippen molar-refractivity contribution >= 4 is 147 Å². The molecule has 7 saturated carbocycles. The van der Waals surface area contributed by atoms with Crippen LogP contribution in [-0.4, -0.2) is 146 Å². The minimum atomic E-state index is -0.658. The number of aliphatic imine (C=N–C) groups is 1. The monoisotopic (exact) mass is 1980 g/mol. The van der Waals surface area contributed by atoms with Gasteiger partial charge in [0, 0.05) is 95.8 Å². The molecular formula is C94H105BBr2ClF8N19O8. The number of ether oxygens (including phenoxy) is 2. The van der Waals surface area contributed by atoms with E-state index in [1.165, 1.54) is 88.8 Å². The van der Waals surface area contributed by atoms with Gasteiger partial charge in [-0.25, -0.2) is 84.8 Å². The molecule has 7 aromatic heterocycles. The smallest absolute Gasteiger partial charge is 0.444 e. The summed E-state index contributed by atoms with van der Waals surface area (Å²) in [6.45, 7) is 27.6. The Balaban J connectivity index is 0.000000132. The van der Waals surface area contributed by atoms with E-state index in [1.807, 2.05) is 103 Å². The third-order valence-electron chi connectivity index (χ3n) is 22.9. The molecule has 0 bridgehead atoms. The van der Waals surface area contributed by atoms with Crippen molar-refractivity contribution < 1.29 is 73.1 Å². The van der Waals surface area contributed by atoms with Gasteiger partial charge < -0.3 is 63.6 Å². The number of carbonyl (C=O) groups is 4. The molecule has 0 atom stereocenters. The van der Waals surface area contributed by atoms with Gasteiger partial charge in [-0.2, -0.15) is 0 Å². The lowest BCUT2D eigenvalue weighted by Crippen LogP contribution is -2.41. The molecule has 39 heteroatoms. The van der Waals surface area contributed by atoms with Crippen LogP contribution < -0.4 is 27.1 Å². The number of hydrogen-bond donors (Lipinski definition) is 4. The van der Waals surface area contributed by atoms with Crippen molar-refractivity contribution in [2.24, 2.45) is 10.7 Å². The number of amides is 2. The van der Waals surface area contributed by atoms with Gasteiger partial charge in [-0.05, 0) is 262 Å². The zero-order valence-corrected chi connectivity index (χ0v) is 80.4. The van der Waals surface area contributed by atoms with Crippen molar-refractivity contribution in [1.82, 2.24) is 73.3 Å². The van der Waals surface area contributed by atoms with Crippen molar-refractivity contribution in [1.29, 1.82) is 0 Å². The van der Waals surface area contributed by atoms with Crippen LogP contribution in [0.1, 0.15) is 225 Å². The minimum Gasteiger partial charge on any atom is -0.444 e. The number of rotatable bonds is 12. The third kappa shape index (κ3) is 25.0. The van der Waals surface area contributed by atoms with Gasteiger partial charge in [-0.1, -0.05) is 37.9 Å². The van der Waals surface area contributed by atoms with Gasteiger partial charge in [-0.3, -0.25) is 19.4 Å². The number of benzene rings is 5. The second kappa shape index (κ2) is 40.3. The normalized spacial score (nSPS) is 16.9. The van der Waals surface area contributed by atoms with E-state index in [1.54, 1.807) is 36.9 Å². The Kier molecular flexibility index (Phi) is 29.7. The number of amidine groups is 1. The lowest BCUT2D eigenvalue weighted by atomic mass is 9.79. The number of aromatic nitrogens is 13. The Morgan fingerprint density at radius 2 is 0.970 bits per heavy atom. The number of hydrogen-bond acceptors (Lipinski definition) is 20. The molecule has 27 nitrogen and oxygen atoms in total. The standard InChI is InChI=1S/C28H29F2N7O2.C17H22BFN2O2.C15H11ClF2N4.C11H11BrF2N2.C11H10BrFN2.C5H9NO.C4H6O3.C3H7N/c1-15-32-25-19(29)11-17(12-22(25)37(15)18-6-7-18)24-20(30)13-31-26(35-24)34-23-8-5-16-14-36(10-9-21(16)33-23)27(38)39-28(2,3)4;1-10-20-15-13(19)8-11(9-14(15)21(10)12-6-7-12)18-22-16(2,3)17(4,5)23-18;1-7-20-14-10(17)4-8(5-12(14)22(7)9-2-3-9)13-11(18)6-19-15(16)21-13;1-6(15-8-2-3-8)16-11-9(13)4-7(12)5-10(11)14;1-6-14-11-9(13)4-7(12)5-10(11)15(6)8-2-3-8;1-4(7)6-5-2-3-5;1-3(5)7-4(2)6;4-3-1-2-3/h5,8,11-13,18H,6-7,9-10,14H2,1-4H3,(H,31,33,34,35);8-9,12H,6-7H2,1-5H3;4-6,9H,2-3H2,1H3;4-5,8H,2-3H2,1H3,(H,15,16);4-5,8H,2-3H2,1H3;5H,2-3H2,1H3,(H,6,7);1-2H3;3H,1-2,4H2. The Hall–Kier alpha value is -10.9. The van der Waals surface area contributed by atoms with Crippen LogP contribution in [-0.2, 0) is 46.1 Å². The molecule has 5 N–H and O–H groups in total. The van der Waals surface area contributed by atoms with E-state index in [9.17, 15) is 49.9 Å². The minimum absolute atomic E-state index is 0.0120. The van der Waals surface area contributed by atoms with E-state index < -0.39 is 70.8 Å². The first kappa shape index (κ1) is 98.1. The number of aryl methyl sites for hydroxylation is 4. The number of halogens is 11. The van der Waals surface area contributed by atoms with Gasteiger partial charge in [0.25, 0.3) is 0 Å². The third-order valence-corrected chi connectivity index (χ3v) is 24.0. The van der Waals surface area contributed by atoms with Crippen molar-refractivity contribution in [2.45, 2.75) is 266 Å². The van der Waals surface area contributed by atoms with E-state index in [0.29, 0.717) is 117 Å². The van der Waals surface area contributed by atoms with E-state index in [0.717, 1.165) is 119 Å². The molecule has 0 radical (unpaired) electrons. The van der Waals surface area contributed by atoms with Crippen LogP contribution >= 0.6 is 43.5 Å². The Labute approximate surface area is 785 Å². The van der Waals surface area contributed by atoms with Crippen LogP contribution in [0.5, 0.6) is 0 Å². The molecule has 133 heavy (non-hydrogen) atoms. The molecule has 7 aliphatic carbocycles. The fraction of sp³-hybridized carbons (Fsp3) is 0.447. The number of anilines is 3. The summed E-state index contributed by atoms with van der Waals surface area (Å²) in [5.74, 6) is -0.715. The first-order chi connectivity index (χ1) is 62.8. The first-order valence-electron chi connectivity index (χ1n) is 44.2. The molecular weight excluding hydrogens is 1880 g/mol. The van der Waals surface area contributed by atoms with Crippen molar-refractivity contribution in [3.8, 4) is 22.5 Å². The average Bonchev–Trinajstić information content (AvgIpc) is 1.62. The number of pyridine rings is 1. The van der Waals surface area contributed by atoms with Gasteiger partial charge in [0.05, 0.1) is 64.1 Å². The van der Waals surface area contributed by atoms with Crippen molar-refractivity contribution in [2.75, 3.05) is 17.2 Å². The predicted molar refractivity (Wildman–Crippen MR) is 499 cm³/mol. The number of carbonyl (C=O) groups excluding carboxylic acids is 4. The highest BCUT2D eigenvalue weighted by atomic mass is 79.9. The quantitative estimate of drug-likeness (QED) is 0.0168. The zero-order valence-electron chi connectivity index (χ0n) is 76.4. The maximum absolute atomic E-state index is 15.0. The van der Waals surface area contributed by atoms with Gasteiger partial charge >= 0.3 is 25.2 Å². The molecule has 9 aliphatic rings. The van der Waals surface area contributed by atoms with Gasteiger partial charge in [0.15, 0.2) is 46.5 Å². The average molecular weight is 1990 g/mol. The highest BCUT2D eigenvalue weighted by Crippen LogP contribution is 2.45. The maximum atomic E-state index is 15.0. The lowest BCUT2D eigenvalue weighted by Gasteiger charge is -2.32. The number of fused-ring (bicyclic) bond motifs is 5. The summed E-state index contributed by atoms with van der Waals surface area (Å²) in [5.41, 5.74) is 11.3. The molecule has 8 fully saturated rings. The molecule has 21 rings (SSSR count). The topological polar surface area (TPSA) is 319 Å². The zero-order chi connectivity index (χ0) is 95.9. The summed E-state index contributed by atoms with van der Waals surface area (Å²) in [7, 11) is -0.554. The molecule has 2 amide bonds. The van der Waals surface area contributed by atoms with Gasteiger partial charge in [0.1, 0.15) is 73.9 Å². The summed E-state index contributed by atoms with van der Waals surface area (Å²) in [6.07, 6.45) is 18.0. The van der Waals surface area contributed by atoms with Crippen LogP contribution in [0, 0.1) is 74.2 Å². The fourth-order valence-corrected chi connectivity index (χ4v) is 16.0. The van der Waals surface area contributed by atoms with E-state index in [-0.39, 0.29) is 57.5 Å². The maximum Gasteiger partial charge on any atom is 0.495 e. The second-order valence-electron chi connectivity index (χ2n) is 36.4. The predicted octanol–water partition coefficient (Wildman–Crippen LogP) is 20.8. The fourth-order valence-electron chi connectivity index (χ4n) is 15.1. The van der Waals surface area contributed by atoms with Crippen molar-refractivity contribution in [3.63, 3.8) is 0 Å². The number of imidazole rings is 4. The molecule has 2 aliphatic heterocycles. The van der Waals surface area contributed by atoms with E-state index in [4.69, 9.17) is 31.4 Å². The summed E-state index contributed by atoms with van der Waals surface area (Å²) in [6, 6.07) is 21.9. The molecule has 1 saturated heterocycles. The van der Waals surface area contributed by atoms with Crippen LogP contribution in [0.4, 0.5) is 57.4 Å². The molecule has 12 aromatic rings. The number of nitrogens with zero attached hydrogens (tertiary/aromatic N) is 15. The highest BCUT2D eigenvalue weighted by molar-refractivity contribution is 9.10. The highest BCUT2D eigenvalue weighted by Gasteiger charge is 2.52. The largest absolute Gasteiger partial charge is 0.495 e. The van der Waals surface area contributed by atoms with Gasteiger partial charge in [-0.15, -0.1) is 0 Å². The summed E-state index contributed by atoms with van der Waals surface area (Å²) >= 11 is 12.1. The summed E-state index contributed by atoms with van der Waals surface area (Å²) < 4.78 is 144. The number of esters is 2. The lowest BCUT2D eigenvalue weighted by molar-refractivity contribution is -0.156. The Morgan fingerprint density at radius 1 is 0.541 bits per heavy atom. The van der Waals surface area contributed by atoms with Gasteiger partial charge in [0.2, 0.25) is 17.1 Å². The van der Waals surface area contributed by atoms with E-state index >= 15 is 4.39 Å². The van der Waals surface area contributed by atoms with E-state index in [2.05, 4.69) is 112 Å². The molecule has 9 heterocycles. The number of nitrogens with two attached hydrogens (primary N) is 1. The summed E-state index contributed by atoms with van der Waals surface area (Å²) in [4.78, 5) is 86.1. The molecule has 5 aromatic carbocycles. The van der Waals surface area contributed by atoms with Crippen LogP contribution in [0.15, 0.2) is 99.1 Å². The number of nitrogens with one attached hydrogen (secondary N) is 3. The summed E-state index contributed by atoms with van der Waals surface area (Å²) in [5, 5.41) is 8.39. The Morgan fingerprint density at radius 3 is 1.39 bits per heavy atom. The van der Waals surface area contributed by atoms with Crippen LogP contribution in [0.3, 0.4) is 0 Å². The molecule has 0 spiro atoms. The first-order valence-corrected chi connectivity index (χ1v) is 46.2. The Bertz CT molecular complexity index is 6430. The molecule has 0 unspecified atom stereocenters. The van der Waals surface area contributed by atoms with Crippen LogP contribution in [0.25, 0.3) is 66.6 Å². The van der Waals surface area contributed by atoms with Crippen LogP contribution in [0.2, 0.25) is 5.28 Å². The second-order valence-corrected chi connectivity index (χ2v) is 38.6. The van der Waals surface area contributed by atoms with Crippen molar-refractivity contribution in [3.05, 3.63) is 181 Å².